The predicted octanol–water partition coefficient (Wildman–Crippen LogP) is 3.40. The molecule has 0 saturated heterocycles. The number of aryl methyl sites for hydroxylation is 1. The molecule has 0 aliphatic carbocycles. The van der Waals surface area contributed by atoms with E-state index in [9.17, 15) is 14.4 Å². The van der Waals surface area contributed by atoms with E-state index in [0.29, 0.717) is 29.5 Å². The minimum Gasteiger partial charge on any atom is -0.466 e. The van der Waals surface area contributed by atoms with E-state index in [1.165, 1.54) is 0 Å². The molecule has 0 unspecified atom stereocenters. The van der Waals surface area contributed by atoms with Gasteiger partial charge in [-0.2, -0.15) is 0 Å². The number of esters is 1. The van der Waals surface area contributed by atoms with Gasteiger partial charge in [-0.1, -0.05) is 24.3 Å². The highest BCUT2D eigenvalue weighted by Gasteiger charge is 2.32. The van der Waals surface area contributed by atoms with Crippen molar-refractivity contribution in [3.8, 4) is 0 Å². The van der Waals surface area contributed by atoms with Gasteiger partial charge in [0.05, 0.1) is 13.0 Å². The first-order valence-corrected chi connectivity index (χ1v) is 9.57. The van der Waals surface area contributed by atoms with E-state index < -0.39 is 5.97 Å². The summed E-state index contributed by atoms with van der Waals surface area (Å²) in [5, 5.41) is 1.54. The van der Waals surface area contributed by atoms with Gasteiger partial charge >= 0.3 is 5.97 Å². The lowest BCUT2D eigenvalue weighted by atomic mass is 9.94. The van der Waals surface area contributed by atoms with Crippen molar-refractivity contribution < 1.29 is 19.1 Å². The van der Waals surface area contributed by atoms with Gasteiger partial charge in [0.1, 0.15) is 0 Å². The van der Waals surface area contributed by atoms with Gasteiger partial charge in [0.15, 0.2) is 0 Å². The molecule has 0 bridgehead atoms. The topological polar surface area (TPSA) is 76.6 Å². The van der Waals surface area contributed by atoms with Crippen LogP contribution >= 0.6 is 0 Å². The van der Waals surface area contributed by atoms with E-state index in [4.69, 9.17) is 4.74 Å². The maximum Gasteiger partial charge on any atom is 0.307 e. The highest BCUT2D eigenvalue weighted by atomic mass is 16.5. The summed E-state index contributed by atoms with van der Waals surface area (Å²) in [7, 11) is 0. The third kappa shape index (κ3) is 3.87. The van der Waals surface area contributed by atoms with Crippen molar-refractivity contribution in [2.45, 2.75) is 19.3 Å². The first-order valence-electron chi connectivity index (χ1n) is 9.57. The molecule has 29 heavy (non-hydrogen) atoms. The molecule has 2 heterocycles. The average molecular weight is 388 g/mol. The predicted molar refractivity (Wildman–Crippen MR) is 107 cm³/mol. The molecule has 4 rings (SSSR count). The van der Waals surface area contributed by atoms with E-state index in [-0.39, 0.29) is 24.8 Å². The van der Waals surface area contributed by atoms with Crippen molar-refractivity contribution in [2.24, 2.45) is 0 Å². The number of benzene rings is 2. The summed E-state index contributed by atoms with van der Waals surface area (Å²) in [6, 6.07) is 14.6. The highest BCUT2D eigenvalue weighted by Crippen LogP contribution is 2.29. The van der Waals surface area contributed by atoms with Gasteiger partial charge in [-0.05, 0) is 48.1 Å². The molecule has 1 aliphatic rings. The number of hydrogen-bond acceptors (Lipinski definition) is 5. The molecule has 6 nitrogen and oxygen atoms in total. The zero-order valence-corrected chi connectivity index (χ0v) is 15.8. The Kier molecular flexibility index (Phi) is 5.33. The number of amides is 2. The van der Waals surface area contributed by atoms with Gasteiger partial charge in [-0.15, -0.1) is 0 Å². The largest absolute Gasteiger partial charge is 0.466 e. The Morgan fingerprint density at radius 2 is 1.59 bits per heavy atom. The Hall–Kier alpha value is -3.54. The lowest BCUT2D eigenvalue weighted by molar-refractivity contribution is -0.143. The van der Waals surface area contributed by atoms with Crippen LogP contribution in [0.15, 0.2) is 60.9 Å². The van der Waals surface area contributed by atoms with E-state index in [2.05, 4.69) is 4.98 Å². The smallest absolute Gasteiger partial charge is 0.307 e. The minimum atomic E-state index is -0.419. The molecule has 1 aliphatic heterocycles. The standard InChI is InChI=1S/C23H20N2O4/c26-20(29-15-3-4-16-9-12-24-13-10-16)11-14-25-22(27)18-7-1-5-17-6-2-8-19(21(17)18)23(25)28/h1-2,5-10,12-13H,3-4,11,14-15H2. The maximum absolute atomic E-state index is 12.8. The molecular weight excluding hydrogens is 368 g/mol. The van der Waals surface area contributed by atoms with E-state index in [0.717, 1.165) is 22.3 Å². The highest BCUT2D eigenvalue weighted by molar-refractivity contribution is 6.25. The average Bonchev–Trinajstić information content (AvgIpc) is 2.75. The van der Waals surface area contributed by atoms with Gasteiger partial charge in [-0.3, -0.25) is 24.3 Å². The number of ether oxygens (including phenoxy) is 1. The third-order valence-corrected chi connectivity index (χ3v) is 5.02. The number of rotatable bonds is 7. The minimum absolute atomic E-state index is 0.00553. The number of carbonyl (C=O) groups is 3. The van der Waals surface area contributed by atoms with Gasteiger partial charge in [-0.25, -0.2) is 0 Å². The van der Waals surface area contributed by atoms with Gasteiger partial charge in [0, 0.05) is 35.5 Å². The van der Waals surface area contributed by atoms with Crippen LogP contribution < -0.4 is 0 Å². The molecule has 0 atom stereocenters. The van der Waals surface area contributed by atoms with Crippen molar-refractivity contribution >= 4 is 28.6 Å². The van der Waals surface area contributed by atoms with Crippen LogP contribution in [0, 0.1) is 0 Å². The molecular formula is C23H20N2O4. The fourth-order valence-corrected chi connectivity index (χ4v) is 3.57. The Morgan fingerprint density at radius 3 is 2.24 bits per heavy atom. The summed E-state index contributed by atoms with van der Waals surface area (Å²) in [4.78, 5) is 42.7. The number of pyridine rings is 1. The van der Waals surface area contributed by atoms with Gasteiger partial charge in [0.25, 0.3) is 11.8 Å². The van der Waals surface area contributed by atoms with E-state index >= 15 is 0 Å². The monoisotopic (exact) mass is 388 g/mol. The van der Waals surface area contributed by atoms with Crippen LogP contribution in [0.5, 0.6) is 0 Å². The van der Waals surface area contributed by atoms with Gasteiger partial charge in [0.2, 0.25) is 0 Å². The van der Waals surface area contributed by atoms with Crippen LogP contribution in [-0.4, -0.2) is 40.8 Å². The quantitative estimate of drug-likeness (QED) is 0.352. The molecule has 2 aromatic carbocycles. The summed E-state index contributed by atoms with van der Waals surface area (Å²) < 4.78 is 5.25. The first kappa shape index (κ1) is 18.8. The summed E-state index contributed by atoms with van der Waals surface area (Å²) in [6.07, 6.45) is 4.93. The molecule has 1 aromatic heterocycles. The number of nitrogens with zero attached hydrogens (tertiary/aromatic N) is 2. The lowest BCUT2D eigenvalue weighted by Crippen LogP contribution is -2.41. The molecule has 0 spiro atoms. The van der Waals surface area contributed by atoms with Crippen LogP contribution in [0.25, 0.3) is 10.8 Å². The fourth-order valence-electron chi connectivity index (χ4n) is 3.57. The Bertz CT molecular complexity index is 1030. The van der Waals surface area contributed by atoms with Crippen molar-refractivity contribution in [3.63, 3.8) is 0 Å². The normalized spacial score (nSPS) is 13.0. The molecule has 0 fully saturated rings. The van der Waals surface area contributed by atoms with E-state index in [1.807, 2.05) is 24.3 Å². The zero-order valence-electron chi connectivity index (χ0n) is 15.8. The fraction of sp³-hybridized carbons (Fsp3) is 0.217. The van der Waals surface area contributed by atoms with E-state index in [1.54, 1.807) is 36.7 Å². The Balaban J connectivity index is 1.33. The molecule has 0 N–H and O–H groups in total. The molecule has 0 saturated carbocycles. The van der Waals surface area contributed by atoms with Gasteiger partial charge < -0.3 is 4.74 Å². The van der Waals surface area contributed by atoms with Crippen LogP contribution in [-0.2, 0) is 16.0 Å². The maximum atomic E-state index is 12.8. The first-order chi connectivity index (χ1) is 14.1. The number of hydrogen-bond donors (Lipinski definition) is 0. The Labute approximate surface area is 168 Å². The van der Waals surface area contributed by atoms with Crippen molar-refractivity contribution in [2.75, 3.05) is 13.2 Å². The van der Waals surface area contributed by atoms with Crippen molar-refractivity contribution in [1.29, 1.82) is 0 Å². The van der Waals surface area contributed by atoms with Crippen molar-refractivity contribution in [1.82, 2.24) is 9.88 Å². The summed E-state index contributed by atoms with van der Waals surface area (Å²) >= 11 is 0. The third-order valence-electron chi connectivity index (χ3n) is 5.02. The second kappa shape index (κ2) is 8.22. The molecule has 6 heteroatoms. The number of imide groups is 1. The summed E-state index contributed by atoms with van der Waals surface area (Å²) in [5.74, 6) is -1.16. The zero-order chi connectivity index (χ0) is 20.2. The van der Waals surface area contributed by atoms with Crippen LogP contribution in [0.4, 0.5) is 0 Å². The number of aromatic nitrogens is 1. The Morgan fingerprint density at radius 1 is 0.931 bits per heavy atom. The number of carbonyl (C=O) groups excluding carboxylic acids is 3. The molecule has 0 radical (unpaired) electrons. The van der Waals surface area contributed by atoms with Crippen LogP contribution in [0.3, 0.4) is 0 Å². The SMILES string of the molecule is O=C(CCN1C(=O)c2cccc3cccc(c23)C1=O)OCCCc1ccncc1. The van der Waals surface area contributed by atoms with Crippen LogP contribution in [0.2, 0.25) is 0 Å². The lowest BCUT2D eigenvalue weighted by Gasteiger charge is -2.26. The second-order valence-corrected chi connectivity index (χ2v) is 6.90. The second-order valence-electron chi connectivity index (χ2n) is 6.90. The molecule has 3 aromatic rings. The van der Waals surface area contributed by atoms with Crippen LogP contribution in [0.1, 0.15) is 39.1 Å². The summed E-state index contributed by atoms with van der Waals surface area (Å²) in [6.45, 7) is 0.302. The summed E-state index contributed by atoms with van der Waals surface area (Å²) in [5.41, 5.74) is 2.11. The van der Waals surface area contributed by atoms with Crippen molar-refractivity contribution in [3.05, 3.63) is 77.6 Å². The molecule has 2 amide bonds. The molecule has 146 valence electrons.